The van der Waals surface area contributed by atoms with Gasteiger partial charge in [0.05, 0.1) is 91.3 Å². The molecule has 29 heteroatoms. The number of alkyl halides is 2. The number of ketones is 3. The summed E-state index contributed by atoms with van der Waals surface area (Å²) in [6, 6.07) is 59.5. The van der Waals surface area contributed by atoms with Crippen LogP contribution in [0.25, 0.3) is 5.70 Å². The number of aromatic nitrogens is 8. The first kappa shape index (κ1) is 94.0. The van der Waals surface area contributed by atoms with E-state index < -0.39 is 23.4 Å². The van der Waals surface area contributed by atoms with E-state index in [0.29, 0.717) is 73.8 Å². The molecule has 10 aromatic rings. The standard InChI is InChI=1S/C30H36N4O5.C25H26N4O2.C12H11BrN2O.C12H12N2O.C10H20N2O2.CH3Cl.Br2/c1-30(2,3)39-29(37)34-16-10-15-26(34)20-32(28(36)38-22-24-13-8-5-9-14-24)21-27(35)25-17-31-33(19-25)18-23-11-6-4-7-12-23;30-25(31-19-21-10-5-2-6-11-21)27-17-23-12-7-13-29(23)24(18-27)22-14-26-28(16-22)15-20-8-3-1-4-9-20;13-6-12(16)11-7-14-15(9-11)8-10-4-2-1-3-5-10;1-10(15)12-7-13-14(9-12)8-11-5-3-2-4-6-11;1-10(2,3)14-9(13)12-6-4-5-8(12)7-11;2*1-2/h4-9,11-14,17,19,26H,10,15-16,18,20-22H2,1-3H3;1-6,8-11,14,16,18,23H,7,12-13,15,17,19H2;1-5,7,9H,6,8H2;2-7,9H,8H2,1H3;8H,4-7,11H2,1-3H3;1H3;/t26-;23-;;;8-;;/m00..0../s1. The molecule has 14 rings (SSSR count). The minimum atomic E-state index is -0.631. The Bertz CT molecular complexity index is 4780. The molecule has 4 aliphatic rings. The molecular formula is C90H108Br3ClN14O11. The summed E-state index contributed by atoms with van der Waals surface area (Å²) in [5, 5.41) is 17.5. The summed E-state index contributed by atoms with van der Waals surface area (Å²) in [5.41, 5.74) is 14.8. The Labute approximate surface area is 726 Å². The zero-order valence-electron chi connectivity index (χ0n) is 68.8. The van der Waals surface area contributed by atoms with Crippen LogP contribution in [0.2, 0.25) is 0 Å². The number of carbonyl (C=O) groups is 7. The molecule has 0 spiro atoms. The van der Waals surface area contributed by atoms with Crippen LogP contribution < -0.4 is 5.73 Å². The van der Waals surface area contributed by atoms with Crippen LogP contribution in [0.4, 0.5) is 19.2 Å². The predicted molar refractivity (Wildman–Crippen MR) is 473 cm³/mol. The van der Waals surface area contributed by atoms with Crippen molar-refractivity contribution in [2.45, 2.75) is 156 Å². The van der Waals surface area contributed by atoms with E-state index in [9.17, 15) is 33.6 Å². The van der Waals surface area contributed by atoms with Crippen molar-refractivity contribution in [1.82, 2.24) is 63.6 Å². The van der Waals surface area contributed by atoms with Crippen LogP contribution in [0.15, 0.2) is 238 Å². The van der Waals surface area contributed by atoms with Gasteiger partial charge in [-0.3, -0.25) is 42.9 Å². The fourth-order valence-corrected chi connectivity index (χ4v) is 13.7. The molecule has 2 N–H and O–H groups in total. The van der Waals surface area contributed by atoms with Gasteiger partial charge in [0.25, 0.3) is 0 Å². The van der Waals surface area contributed by atoms with E-state index in [1.54, 1.807) is 66.7 Å². The topological polar surface area (TPSA) is 270 Å². The molecule has 0 radical (unpaired) electrons. The Hall–Kier alpha value is -10.5. The van der Waals surface area contributed by atoms with E-state index in [-0.39, 0.29) is 67.9 Å². The zero-order valence-corrected chi connectivity index (χ0v) is 74.3. The van der Waals surface area contributed by atoms with Crippen molar-refractivity contribution < 1.29 is 52.5 Å². The van der Waals surface area contributed by atoms with E-state index >= 15 is 0 Å². The highest BCUT2D eigenvalue weighted by Gasteiger charge is 2.38. The summed E-state index contributed by atoms with van der Waals surface area (Å²) in [4.78, 5) is 95.1. The van der Waals surface area contributed by atoms with Crippen LogP contribution in [0.5, 0.6) is 0 Å². The van der Waals surface area contributed by atoms with Gasteiger partial charge < -0.3 is 39.4 Å². The summed E-state index contributed by atoms with van der Waals surface area (Å²) < 4.78 is 29.2. The first-order valence-electron chi connectivity index (χ1n) is 39.4. The lowest BCUT2D eigenvalue weighted by molar-refractivity contribution is 0.0185. The number of amides is 4. The van der Waals surface area contributed by atoms with Crippen molar-refractivity contribution >= 4 is 103 Å². The zero-order chi connectivity index (χ0) is 85.7. The first-order chi connectivity index (χ1) is 57.4. The Morgan fingerprint density at radius 2 is 0.857 bits per heavy atom. The van der Waals surface area contributed by atoms with E-state index in [2.05, 4.69) is 99.4 Å². The number of rotatable bonds is 22. The summed E-state index contributed by atoms with van der Waals surface area (Å²) in [6.07, 6.45) is 21.5. The molecule has 25 nitrogen and oxygen atoms in total. The second-order valence-corrected chi connectivity index (χ2v) is 31.0. The minimum Gasteiger partial charge on any atom is -0.445 e. The van der Waals surface area contributed by atoms with Crippen molar-refractivity contribution in [3.05, 3.63) is 293 Å². The van der Waals surface area contributed by atoms with Crippen LogP contribution >= 0.6 is 55.8 Å². The average molecular weight is 1840 g/mol. The molecule has 4 aromatic heterocycles. The lowest BCUT2D eigenvalue weighted by Gasteiger charge is -2.37. The van der Waals surface area contributed by atoms with Crippen LogP contribution in [-0.2, 0) is 58.3 Å². The number of benzene rings is 6. The monoisotopic (exact) mass is 1830 g/mol. The third-order valence-corrected chi connectivity index (χ3v) is 19.6. The highest BCUT2D eigenvalue weighted by Crippen LogP contribution is 2.34. The maximum absolute atomic E-state index is 13.3. The number of ether oxygens (including phenoxy) is 4. The van der Waals surface area contributed by atoms with Gasteiger partial charge in [-0.2, -0.15) is 20.4 Å². The van der Waals surface area contributed by atoms with Crippen molar-refractivity contribution in [3.63, 3.8) is 0 Å². The molecule has 8 heterocycles. The van der Waals surface area contributed by atoms with Gasteiger partial charge in [0.15, 0.2) is 17.3 Å². The predicted octanol–water partition coefficient (Wildman–Crippen LogP) is 18.0. The van der Waals surface area contributed by atoms with Crippen LogP contribution in [0.3, 0.4) is 0 Å². The largest absolute Gasteiger partial charge is 0.445 e. The number of carbonyl (C=O) groups excluding carboxylic acids is 7. The molecular weight excluding hydrogens is 1730 g/mol. The van der Waals surface area contributed by atoms with Gasteiger partial charge in [-0.15, -0.1) is 11.6 Å². The molecule has 0 bridgehead atoms. The highest BCUT2D eigenvalue weighted by molar-refractivity contribution is 9.93. The molecule has 6 aromatic carbocycles. The SMILES string of the molecule is BrBr.CC(=O)c1cnn(Cc2ccccc2)c1.CC(C)(C)OC(=O)N1CCC[C@H]1CN.CC(C)(C)OC(=O)N1CCC[C@H]1CN(CC(=O)c1cnn(Cc2ccccc2)c1)C(=O)OCc1ccccc1.CCl.O=C(CBr)c1cnn(Cc2ccccc2)c1.O=C(OCc1ccccc1)N1C=C(c2cnn(Cc3ccccc3)c2)N2CCC[C@H]2C1. The van der Waals surface area contributed by atoms with Gasteiger partial charge in [0.1, 0.15) is 24.4 Å². The average Bonchev–Trinajstić information content (AvgIpc) is 1.65. The normalized spacial score (nSPS) is 15.1. The van der Waals surface area contributed by atoms with Gasteiger partial charge in [-0.25, -0.2) is 19.2 Å². The number of nitrogens with zero attached hydrogens (tertiary/aromatic N) is 13. The molecule has 3 fully saturated rings. The third kappa shape index (κ3) is 31.3. The quantitative estimate of drug-likeness (QED) is 0.0375. The number of fused-ring (bicyclic) bond motifs is 1. The van der Waals surface area contributed by atoms with E-state index in [4.69, 9.17) is 24.7 Å². The molecule has 4 amide bonds. The van der Waals surface area contributed by atoms with Crippen LogP contribution in [0, 0.1) is 0 Å². The number of hydrogen-bond donors (Lipinski definition) is 1. The number of hydrogen-bond acceptors (Lipinski definition) is 17. The molecule has 632 valence electrons. The summed E-state index contributed by atoms with van der Waals surface area (Å²) in [7, 11) is 0. The van der Waals surface area contributed by atoms with Gasteiger partial charge in [0, 0.05) is 123 Å². The Morgan fingerprint density at radius 1 is 0.479 bits per heavy atom. The Balaban J connectivity index is 0.000000195. The molecule has 119 heavy (non-hydrogen) atoms. The second kappa shape index (κ2) is 48.5. The molecule has 3 saturated heterocycles. The number of nitrogens with two attached hydrogens (primary N) is 1. The first-order valence-corrected chi connectivity index (χ1v) is 45.0. The lowest BCUT2D eigenvalue weighted by atomic mass is 10.1. The van der Waals surface area contributed by atoms with Gasteiger partial charge in [0.2, 0.25) is 0 Å². The maximum Gasteiger partial charge on any atom is 0.414 e. The summed E-state index contributed by atoms with van der Waals surface area (Å²) >= 11 is 13.3. The Morgan fingerprint density at radius 3 is 1.28 bits per heavy atom. The molecule has 4 aliphatic heterocycles. The van der Waals surface area contributed by atoms with Crippen LogP contribution in [0.1, 0.15) is 157 Å². The third-order valence-electron chi connectivity index (χ3n) is 19.1. The van der Waals surface area contributed by atoms with E-state index in [1.165, 1.54) is 34.2 Å². The molecule has 0 saturated carbocycles. The number of halogens is 4. The minimum absolute atomic E-state index is 0.0503. The molecule has 0 aliphatic carbocycles. The smallest absolute Gasteiger partial charge is 0.414 e. The summed E-state index contributed by atoms with van der Waals surface area (Å²) in [5.74, 6) is -0.151. The Kier molecular flexibility index (Phi) is 38.3. The molecule has 3 atom stereocenters. The maximum atomic E-state index is 13.3. The summed E-state index contributed by atoms with van der Waals surface area (Å²) in [6.45, 7) is 19.1. The number of Topliss-reactive ketones (excluding diaryl/α,β-unsaturated/α-hetero) is 3. The van der Waals surface area contributed by atoms with Crippen molar-refractivity contribution in [2.75, 3.05) is 57.5 Å². The van der Waals surface area contributed by atoms with Crippen LogP contribution in [-0.4, -0.2) is 192 Å². The second-order valence-electron chi connectivity index (χ2n) is 30.5. The van der Waals surface area contributed by atoms with E-state index in [0.717, 1.165) is 79.7 Å². The van der Waals surface area contributed by atoms with Gasteiger partial charge in [-0.05, 0) is 120 Å². The van der Waals surface area contributed by atoms with Gasteiger partial charge in [-0.1, -0.05) is 198 Å². The van der Waals surface area contributed by atoms with Gasteiger partial charge >= 0.3 is 24.4 Å². The highest BCUT2D eigenvalue weighted by atomic mass is 80.9. The van der Waals surface area contributed by atoms with Crippen molar-refractivity contribution in [2.24, 2.45) is 5.73 Å². The molecule has 0 unspecified atom stereocenters. The van der Waals surface area contributed by atoms with Crippen molar-refractivity contribution in [1.29, 1.82) is 0 Å². The number of likely N-dealkylation sites (tertiary alicyclic amines) is 2. The van der Waals surface area contributed by atoms with E-state index in [1.807, 2.05) is 228 Å². The van der Waals surface area contributed by atoms with Crippen molar-refractivity contribution in [3.8, 4) is 0 Å². The fourth-order valence-electron chi connectivity index (χ4n) is 13.3. The fraction of sp³-hybridized carbons (Fsp3) is 0.367. The lowest BCUT2D eigenvalue weighted by Crippen LogP contribution is -2.48.